The van der Waals surface area contributed by atoms with Crippen molar-refractivity contribution in [2.24, 2.45) is 0 Å². The van der Waals surface area contributed by atoms with Crippen molar-refractivity contribution >= 4 is 21.4 Å². The summed E-state index contributed by atoms with van der Waals surface area (Å²) in [6.07, 6.45) is 4.84. The molecule has 0 bridgehead atoms. The Balaban J connectivity index is 1.75. The van der Waals surface area contributed by atoms with Gasteiger partial charge in [0.25, 0.3) is 5.91 Å². The van der Waals surface area contributed by atoms with Crippen LogP contribution in [0.3, 0.4) is 0 Å². The predicted molar refractivity (Wildman–Crippen MR) is 117 cm³/mol. The first-order valence-electron chi connectivity index (χ1n) is 10.3. The molecule has 0 radical (unpaired) electrons. The van der Waals surface area contributed by atoms with E-state index in [-0.39, 0.29) is 16.6 Å². The fourth-order valence-corrected chi connectivity index (χ4v) is 4.97. The number of fused-ring (bicyclic) bond motifs is 1. The van der Waals surface area contributed by atoms with Crippen molar-refractivity contribution in [3.63, 3.8) is 0 Å². The predicted octanol–water partition coefficient (Wildman–Crippen LogP) is 4.19. The molecule has 30 heavy (non-hydrogen) atoms. The van der Waals surface area contributed by atoms with Gasteiger partial charge in [0.1, 0.15) is 0 Å². The normalized spacial score (nSPS) is 14.0. The van der Waals surface area contributed by atoms with Crippen molar-refractivity contribution in [2.45, 2.75) is 43.9 Å². The largest absolute Gasteiger partial charge is 0.319 e. The highest BCUT2D eigenvalue weighted by Crippen LogP contribution is 2.28. The number of nitrogens with one attached hydrogen (secondary N) is 1. The van der Waals surface area contributed by atoms with E-state index in [0.717, 1.165) is 49.0 Å². The fraction of sp³-hybridized carbons (Fsp3) is 0.304. The molecule has 156 valence electrons. The summed E-state index contributed by atoms with van der Waals surface area (Å²) in [6, 6.07) is 16.3. The molecule has 4 rings (SSSR count). The third kappa shape index (κ3) is 3.89. The van der Waals surface area contributed by atoms with Gasteiger partial charge in [-0.25, -0.2) is 13.1 Å². The quantitative estimate of drug-likeness (QED) is 0.624. The Morgan fingerprint density at radius 1 is 1.00 bits per heavy atom. The van der Waals surface area contributed by atoms with Crippen molar-refractivity contribution in [3.8, 4) is 5.69 Å². The molecule has 3 aromatic rings. The molecule has 0 atom stereocenters. The highest BCUT2D eigenvalue weighted by Gasteiger charge is 2.26. The summed E-state index contributed by atoms with van der Waals surface area (Å²) >= 11 is 0. The van der Waals surface area contributed by atoms with Gasteiger partial charge in [-0.1, -0.05) is 43.7 Å². The zero-order valence-electron chi connectivity index (χ0n) is 17.0. The van der Waals surface area contributed by atoms with E-state index >= 15 is 0 Å². The van der Waals surface area contributed by atoms with E-state index < -0.39 is 9.84 Å². The second-order valence-corrected chi connectivity index (χ2v) is 9.68. The Bertz CT molecular complexity index is 1170. The number of hydrogen-bond acceptors (Lipinski definition) is 4. The van der Waals surface area contributed by atoms with Crippen LogP contribution in [-0.4, -0.2) is 29.9 Å². The van der Waals surface area contributed by atoms with Gasteiger partial charge in [0.2, 0.25) is 0 Å². The summed E-state index contributed by atoms with van der Waals surface area (Å²) < 4.78 is 26.7. The van der Waals surface area contributed by atoms with Crippen LogP contribution in [0.2, 0.25) is 0 Å². The lowest BCUT2D eigenvalue weighted by molar-refractivity contribution is 0.102. The van der Waals surface area contributed by atoms with Gasteiger partial charge in [-0.05, 0) is 49.9 Å². The van der Waals surface area contributed by atoms with Gasteiger partial charge < -0.3 is 5.32 Å². The molecular formula is C23H25N3O3S. The number of rotatable bonds is 5. The van der Waals surface area contributed by atoms with Crippen molar-refractivity contribution in [2.75, 3.05) is 11.1 Å². The van der Waals surface area contributed by atoms with Crippen LogP contribution in [0.15, 0.2) is 59.5 Å². The van der Waals surface area contributed by atoms with E-state index in [9.17, 15) is 13.2 Å². The second kappa shape index (κ2) is 8.44. The molecule has 0 unspecified atom stereocenters. The standard InChI is InChI=1S/C23H25N3O3S/c1-2-30(28,29)21-16-10-9-14-19(21)24-23(27)22-18-13-7-4-8-15-20(18)26(25-22)17-11-5-3-6-12-17/h3,5-6,9-12,14,16H,2,4,7-8,13,15H2,1H3,(H,24,27). The molecule has 1 aliphatic rings. The number of benzene rings is 2. The molecule has 1 amide bonds. The summed E-state index contributed by atoms with van der Waals surface area (Å²) in [5, 5.41) is 7.48. The summed E-state index contributed by atoms with van der Waals surface area (Å²) in [7, 11) is -3.46. The van der Waals surface area contributed by atoms with E-state index in [0.29, 0.717) is 11.4 Å². The first-order valence-corrected chi connectivity index (χ1v) is 12.0. The Kier molecular flexibility index (Phi) is 5.72. The van der Waals surface area contributed by atoms with Crippen LogP contribution in [-0.2, 0) is 22.7 Å². The molecule has 0 spiro atoms. The Hall–Kier alpha value is -2.93. The van der Waals surface area contributed by atoms with E-state index in [2.05, 4.69) is 10.4 Å². The molecule has 1 aliphatic carbocycles. The number of nitrogens with zero attached hydrogens (tertiary/aromatic N) is 2. The summed E-state index contributed by atoms with van der Waals surface area (Å²) in [5.74, 6) is -0.403. The van der Waals surface area contributed by atoms with Crippen LogP contribution >= 0.6 is 0 Å². The van der Waals surface area contributed by atoms with Gasteiger partial charge in [0, 0.05) is 11.3 Å². The first-order chi connectivity index (χ1) is 14.5. The van der Waals surface area contributed by atoms with Gasteiger partial charge in [-0.3, -0.25) is 4.79 Å². The van der Waals surface area contributed by atoms with Crippen LogP contribution in [0.4, 0.5) is 5.69 Å². The molecule has 0 saturated carbocycles. The van der Waals surface area contributed by atoms with Crippen LogP contribution in [0.5, 0.6) is 0 Å². The van der Waals surface area contributed by atoms with Gasteiger partial charge in [0.15, 0.2) is 15.5 Å². The number of carbonyl (C=O) groups excluding carboxylic acids is 1. The number of hydrogen-bond donors (Lipinski definition) is 1. The lowest BCUT2D eigenvalue weighted by atomic mass is 10.1. The van der Waals surface area contributed by atoms with Crippen LogP contribution < -0.4 is 5.32 Å². The van der Waals surface area contributed by atoms with Gasteiger partial charge >= 0.3 is 0 Å². The molecule has 7 heteroatoms. The number of aromatic nitrogens is 2. The van der Waals surface area contributed by atoms with Crippen molar-refractivity contribution in [3.05, 3.63) is 71.5 Å². The minimum Gasteiger partial charge on any atom is -0.319 e. The lowest BCUT2D eigenvalue weighted by Crippen LogP contribution is -2.17. The van der Waals surface area contributed by atoms with E-state index in [1.165, 1.54) is 6.07 Å². The van der Waals surface area contributed by atoms with Crippen molar-refractivity contribution in [1.82, 2.24) is 9.78 Å². The number of para-hydroxylation sites is 2. The minimum atomic E-state index is -3.46. The topological polar surface area (TPSA) is 81.1 Å². The monoisotopic (exact) mass is 423 g/mol. The van der Waals surface area contributed by atoms with Crippen molar-refractivity contribution < 1.29 is 13.2 Å². The molecule has 0 fully saturated rings. The Morgan fingerprint density at radius 3 is 2.47 bits per heavy atom. The highest BCUT2D eigenvalue weighted by atomic mass is 32.2. The SMILES string of the molecule is CCS(=O)(=O)c1ccccc1NC(=O)c1nn(-c2ccccc2)c2c1CCCCC2. The zero-order valence-corrected chi connectivity index (χ0v) is 17.8. The first kappa shape index (κ1) is 20.3. The molecular weight excluding hydrogens is 398 g/mol. The number of anilines is 1. The van der Waals surface area contributed by atoms with E-state index in [4.69, 9.17) is 0 Å². The molecule has 0 saturated heterocycles. The number of sulfone groups is 1. The van der Waals surface area contributed by atoms with E-state index in [1.54, 1.807) is 25.1 Å². The third-order valence-corrected chi connectivity index (χ3v) is 7.28. The van der Waals surface area contributed by atoms with E-state index in [1.807, 2.05) is 35.0 Å². The maximum Gasteiger partial charge on any atom is 0.276 e. The number of carbonyl (C=O) groups is 1. The molecule has 1 N–H and O–H groups in total. The molecule has 0 aliphatic heterocycles. The average molecular weight is 424 g/mol. The second-order valence-electron chi connectivity index (χ2n) is 7.44. The molecule has 1 heterocycles. The van der Waals surface area contributed by atoms with Crippen molar-refractivity contribution in [1.29, 1.82) is 0 Å². The fourth-order valence-electron chi connectivity index (χ4n) is 3.92. The highest BCUT2D eigenvalue weighted by molar-refractivity contribution is 7.91. The lowest BCUT2D eigenvalue weighted by Gasteiger charge is -2.10. The van der Waals surface area contributed by atoms with Gasteiger partial charge in [0.05, 0.1) is 22.0 Å². The smallest absolute Gasteiger partial charge is 0.276 e. The van der Waals surface area contributed by atoms with Crippen LogP contribution in [0.1, 0.15) is 47.9 Å². The molecule has 2 aromatic carbocycles. The average Bonchev–Trinajstić information content (AvgIpc) is 2.96. The number of amides is 1. The molecule has 6 nitrogen and oxygen atoms in total. The maximum atomic E-state index is 13.2. The summed E-state index contributed by atoms with van der Waals surface area (Å²) in [5.41, 5.74) is 3.62. The Morgan fingerprint density at radius 2 is 1.70 bits per heavy atom. The Labute approximate surface area is 176 Å². The van der Waals surface area contributed by atoms with Gasteiger partial charge in [-0.15, -0.1) is 0 Å². The molecule has 1 aromatic heterocycles. The van der Waals surface area contributed by atoms with Crippen LogP contribution in [0, 0.1) is 0 Å². The zero-order chi connectivity index (χ0) is 21.1. The van der Waals surface area contributed by atoms with Crippen LogP contribution in [0.25, 0.3) is 5.69 Å². The maximum absolute atomic E-state index is 13.2. The van der Waals surface area contributed by atoms with Gasteiger partial charge in [-0.2, -0.15) is 5.10 Å². The minimum absolute atomic E-state index is 0.0298. The summed E-state index contributed by atoms with van der Waals surface area (Å²) in [6.45, 7) is 1.59. The summed E-state index contributed by atoms with van der Waals surface area (Å²) in [4.78, 5) is 13.4. The third-order valence-electron chi connectivity index (χ3n) is 5.50.